The summed E-state index contributed by atoms with van der Waals surface area (Å²) in [7, 11) is 1.48. The predicted molar refractivity (Wildman–Crippen MR) is 111 cm³/mol. The zero-order valence-corrected chi connectivity index (χ0v) is 16.6. The van der Waals surface area contributed by atoms with Crippen LogP contribution in [0.25, 0.3) is 10.2 Å². The van der Waals surface area contributed by atoms with Crippen LogP contribution in [0.2, 0.25) is 0 Å². The van der Waals surface area contributed by atoms with E-state index in [1.165, 1.54) is 24.6 Å². The summed E-state index contributed by atoms with van der Waals surface area (Å²) >= 11 is 2.28. The van der Waals surface area contributed by atoms with E-state index in [0.29, 0.717) is 26.7 Å². The fraction of sp³-hybridized carbons (Fsp3) is 0.0526. The number of nitrogens with one attached hydrogen (secondary N) is 2. The number of rotatable bonds is 5. The number of amides is 2. The predicted octanol–water partition coefficient (Wildman–Crippen LogP) is 4.41. The van der Waals surface area contributed by atoms with Crippen LogP contribution in [0, 0.1) is 5.82 Å². The van der Waals surface area contributed by atoms with Gasteiger partial charge in [-0.1, -0.05) is 23.5 Å². The van der Waals surface area contributed by atoms with Crippen molar-refractivity contribution in [1.82, 2.24) is 9.97 Å². The lowest BCUT2D eigenvalue weighted by atomic mass is 10.2. The van der Waals surface area contributed by atoms with E-state index in [1.807, 2.05) is 0 Å². The number of carbonyl (C=O) groups is 2. The van der Waals surface area contributed by atoms with Gasteiger partial charge in [0.2, 0.25) is 0 Å². The Morgan fingerprint density at radius 2 is 1.83 bits per heavy atom. The number of benzene rings is 2. The molecule has 29 heavy (non-hydrogen) atoms. The van der Waals surface area contributed by atoms with Gasteiger partial charge in [-0.2, -0.15) is 0 Å². The largest absolute Gasteiger partial charge is 0.496 e. The molecule has 2 aromatic heterocycles. The van der Waals surface area contributed by atoms with Gasteiger partial charge < -0.3 is 4.74 Å². The monoisotopic (exact) mass is 428 g/mol. The molecule has 4 aromatic rings. The first-order chi connectivity index (χ1) is 14.0. The van der Waals surface area contributed by atoms with Crippen molar-refractivity contribution >= 4 is 55.0 Å². The molecule has 0 spiro atoms. The van der Waals surface area contributed by atoms with E-state index in [9.17, 15) is 14.0 Å². The van der Waals surface area contributed by atoms with Crippen LogP contribution in [0.1, 0.15) is 20.8 Å². The van der Waals surface area contributed by atoms with Gasteiger partial charge in [-0.25, -0.2) is 14.4 Å². The molecule has 0 unspecified atom stereocenters. The lowest BCUT2D eigenvalue weighted by Crippen LogP contribution is -2.14. The zero-order chi connectivity index (χ0) is 20.4. The maximum Gasteiger partial charge on any atom is 0.276 e. The van der Waals surface area contributed by atoms with Crippen LogP contribution in [0.3, 0.4) is 0 Å². The first kappa shape index (κ1) is 19.0. The van der Waals surface area contributed by atoms with E-state index in [0.717, 1.165) is 22.7 Å². The highest BCUT2D eigenvalue weighted by molar-refractivity contribution is 7.22. The van der Waals surface area contributed by atoms with Gasteiger partial charge in [0.05, 0.1) is 22.9 Å². The minimum Gasteiger partial charge on any atom is -0.496 e. The number of methoxy groups -OCH3 is 1. The summed E-state index contributed by atoms with van der Waals surface area (Å²) in [6.07, 6.45) is 0. The lowest BCUT2D eigenvalue weighted by molar-refractivity contribution is 0.101. The molecule has 7 nitrogen and oxygen atoms in total. The van der Waals surface area contributed by atoms with E-state index in [2.05, 4.69) is 20.6 Å². The summed E-state index contributed by atoms with van der Waals surface area (Å²) in [5, 5.41) is 7.43. The molecule has 2 N–H and O–H groups in total. The maximum atomic E-state index is 13.3. The van der Waals surface area contributed by atoms with Crippen molar-refractivity contribution in [3.8, 4) is 5.75 Å². The minimum atomic E-state index is -0.474. The fourth-order valence-corrected chi connectivity index (χ4v) is 4.12. The second kappa shape index (κ2) is 7.94. The molecule has 0 radical (unpaired) electrons. The van der Waals surface area contributed by atoms with Gasteiger partial charge in [0, 0.05) is 5.38 Å². The summed E-state index contributed by atoms with van der Waals surface area (Å²) in [5.41, 5.74) is 1.09. The molecule has 10 heteroatoms. The van der Waals surface area contributed by atoms with Crippen LogP contribution >= 0.6 is 22.7 Å². The number of hydrogen-bond acceptors (Lipinski definition) is 7. The number of nitrogens with zero attached hydrogens (tertiary/aromatic N) is 2. The van der Waals surface area contributed by atoms with Crippen molar-refractivity contribution in [2.75, 3.05) is 17.7 Å². The van der Waals surface area contributed by atoms with Crippen LogP contribution < -0.4 is 15.4 Å². The van der Waals surface area contributed by atoms with Crippen LogP contribution in [0.5, 0.6) is 5.75 Å². The molecule has 0 aliphatic carbocycles. The standard InChI is InChI=1S/C19H13FN4O3S2/c1-27-14-5-3-2-4-11(14)16(25)23-18-22-13(9-28-18)17(26)24-19-21-12-7-6-10(20)8-15(12)29-19/h2-9H,1H3,(H,21,24,26)(H,22,23,25). The molecule has 146 valence electrons. The molecule has 0 bridgehead atoms. The molecule has 0 aliphatic rings. The van der Waals surface area contributed by atoms with Crippen LogP contribution in [-0.4, -0.2) is 28.9 Å². The first-order valence-electron chi connectivity index (χ1n) is 8.31. The molecule has 0 saturated heterocycles. The third-order valence-electron chi connectivity index (χ3n) is 3.88. The van der Waals surface area contributed by atoms with E-state index in [-0.39, 0.29) is 16.6 Å². The molecule has 4 rings (SSSR count). The second-order valence-electron chi connectivity index (χ2n) is 5.78. The van der Waals surface area contributed by atoms with Gasteiger partial charge >= 0.3 is 0 Å². The molecule has 2 amide bonds. The Morgan fingerprint density at radius 3 is 2.66 bits per heavy atom. The number of halogens is 1. The fourth-order valence-electron chi connectivity index (χ4n) is 2.55. The molecule has 2 heterocycles. The molecule has 0 saturated carbocycles. The highest BCUT2D eigenvalue weighted by Crippen LogP contribution is 2.27. The highest BCUT2D eigenvalue weighted by atomic mass is 32.1. The van der Waals surface area contributed by atoms with Gasteiger partial charge in [-0.05, 0) is 30.3 Å². The van der Waals surface area contributed by atoms with E-state index < -0.39 is 11.8 Å². The van der Waals surface area contributed by atoms with Crippen molar-refractivity contribution in [1.29, 1.82) is 0 Å². The highest BCUT2D eigenvalue weighted by Gasteiger charge is 2.17. The number of para-hydroxylation sites is 1. The van der Waals surface area contributed by atoms with Gasteiger partial charge in [0.15, 0.2) is 10.3 Å². The molecular weight excluding hydrogens is 415 g/mol. The Labute approximate surface area is 172 Å². The number of thiazole rings is 2. The van der Waals surface area contributed by atoms with Crippen molar-refractivity contribution in [2.24, 2.45) is 0 Å². The van der Waals surface area contributed by atoms with Crippen molar-refractivity contribution in [3.05, 3.63) is 64.9 Å². The van der Waals surface area contributed by atoms with Crippen LogP contribution in [-0.2, 0) is 0 Å². The molecule has 0 aliphatic heterocycles. The van der Waals surface area contributed by atoms with E-state index in [4.69, 9.17) is 4.74 Å². The molecule has 2 aromatic carbocycles. The SMILES string of the molecule is COc1ccccc1C(=O)Nc1nc(C(=O)Nc2nc3ccc(F)cc3s2)cs1. The third-order valence-corrected chi connectivity index (χ3v) is 5.57. The van der Waals surface area contributed by atoms with Crippen molar-refractivity contribution < 1.29 is 18.7 Å². The third kappa shape index (κ3) is 4.08. The van der Waals surface area contributed by atoms with E-state index in [1.54, 1.807) is 30.3 Å². The summed E-state index contributed by atoms with van der Waals surface area (Å²) in [4.78, 5) is 33.2. The Kier molecular flexibility index (Phi) is 5.19. The van der Waals surface area contributed by atoms with E-state index >= 15 is 0 Å². The normalized spacial score (nSPS) is 10.7. The summed E-state index contributed by atoms with van der Waals surface area (Å²) in [6.45, 7) is 0. The number of hydrogen-bond donors (Lipinski definition) is 2. The number of ether oxygens (including phenoxy) is 1. The maximum absolute atomic E-state index is 13.3. The molecular formula is C19H13FN4O3S2. The second-order valence-corrected chi connectivity index (χ2v) is 7.67. The van der Waals surface area contributed by atoms with Gasteiger partial charge in [-0.15, -0.1) is 11.3 Å². The quantitative estimate of drug-likeness (QED) is 0.491. The van der Waals surface area contributed by atoms with Gasteiger partial charge in [-0.3, -0.25) is 20.2 Å². The number of fused-ring (bicyclic) bond motifs is 1. The van der Waals surface area contributed by atoms with Crippen LogP contribution in [0.15, 0.2) is 47.8 Å². The average Bonchev–Trinajstić information content (AvgIpc) is 3.34. The molecule has 0 fully saturated rings. The Hall–Kier alpha value is -3.37. The summed E-state index contributed by atoms with van der Waals surface area (Å²) in [6, 6.07) is 11.0. The Morgan fingerprint density at radius 1 is 1.03 bits per heavy atom. The first-order valence-corrected chi connectivity index (χ1v) is 10.0. The molecule has 0 atom stereocenters. The smallest absolute Gasteiger partial charge is 0.276 e. The number of carbonyl (C=O) groups excluding carboxylic acids is 2. The van der Waals surface area contributed by atoms with Gasteiger partial charge in [0.25, 0.3) is 11.8 Å². The van der Waals surface area contributed by atoms with Crippen LogP contribution in [0.4, 0.5) is 14.7 Å². The van der Waals surface area contributed by atoms with Crippen molar-refractivity contribution in [2.45, 2.75) is 0 Å². The number of anilines is 2. The topological polar surface area (TPSA) is 93.2 Å². The average molecular weight is 428 g/mol. The van der Waals surface area contributed by atoms with Gasteiger partial charge in [0.1, 0.15) is 17.3 Å². The Bertz CT molecular complexity index is 1220. The number of aromatic nitrogens is 2. The summed E-state index contributed by atoms with van der Waals surface area (Å²) < 4.78 is 19.1. The Balaban J connectivity index is 1.46. The minimum absolute atomic E-state index is 0.135. The lowest BCUT2D eigenvalue weighted by Gasteiger charge is -2.07. The zero-order valence-electron chi connectivity index (χ0n) is 14.9. The van der Waals surface area contributed by atoms with Crippen molar-refractivity contribution in [3.63, 3.8) is 0 Å². The summed E-state index contributed by atoms with van der Waals surface area (Å²) in [5.74, 6) is -0.795.